The van der Waals surface area contributed by atoms with Crippen LogP contribution < -0.4 is 14.8 Å². The van der Waals surface area contributed by atoms with E-state index in [1.807, 2.05) is 55.4 Å². The molecule has 180 valence electrons. The molecule has 0 aromatic carbocycles. The van der Waals surface area contributed by atoms with Gasteiger partial charge in [-0.1, -0.05) is 0 Å². The summed E-state index contributed by atoms with van der Waals surface area (Å²) in [6.07, 6.45) is 1.79. The van der Waals surface area contributed by atoms with Crippen molar-refractivity contribution in [2.75, 3.05) is 12.4 Å². The number of anilines is 1. The number of hydrogen-bond donors (Lipinski definition) is 1. The third kappa shape index (κ3) is 5.08. The van der Waals surface area contributed by atoms with E-state index in [4.69, 9.17) is 9.47 Å². The minimum absolute atomic E-state index is 0.162. The molecule has 0 spiro atoms. The summed E-state index contributed by atoms with van der Waals surface area (Å²) in [7, 11) is 1.72. The van der Waals surface area contributed by atoms with Gasteiger partial charge in [-0.2, -0.15) is 9.97 Å². The van der Waals surface area contributed by atoms with Gasteiger partial charge in [0.05, 0.1) is 0 Å². The van der Waals surface area contributed by atoms with E-state index in [0.717, 1.165) is 10.1 Å². The zero-order valence-corrected chi connectivity index (χ0v) is 20.9. The van der Waals surface area contributed by atoms with Gasteiger partial charge in [0.2, 0.25) is 5.95 Å². The first-order valence-electron chi connectivity index (χ1n) is 11.3. The average molecular weight is 451 g/mol. The molecule has 1 N–H and O–H groups in total. The van der Waals surface area contributed by atoms with Gasteiger partial charge < -0.3 is 14.8 Å². The lowest BCUT2D eigenvalue weighted by molar-refractivity contribution is -0.297. The van der Waals surface area contributed by atoms with Crippen LogP contribution in [0.15, 0.2) is 0 Å². The van der Waals surface area contributed by atoms with Crippen molar-refractivity contribution in [2.24, 2.45) is 0 Å². The minimum atomic E-state index is -0.561. The second-order valence-electron chi connectivity index (χ2n) is 11.6. The standard InChI is InChI=1S/C22H38N6O4/c1-19(2)10-14(11-20(3,4)27(19)29)31-17-24-16(23-9)25-18(26-17)32-15-12-21(5,6)28(30)22(7,8)13-15/h14-15H,10-13H2,1-9H3,(H,23,24,25,26). The summed E-state index contributed by atoms with van der Waals surface area (Å²) in [4.78, 5) is 13.1. The van der Waals surface area contributed by atoms with Gasteiger partial charge in [-0.05, 0) is 55.4 Å². The Bertz CT molecular complexity index is 730. The van der Waals surface area contributed by atoms with Gasteiger partial charge in [0, 0.05) is 54.9 Å². The van der Waals surface area contributed by atoms with Gasteiger partial charge in [-0.25, -0.2) is 0 Å². The quantitative estimate of drug-likeness (QED) is 0.726. The van der Waals surface area contributed by atoms with Crippen LogP contribution in [0.25, 0.3) is 0 Å². The molecule has 0 aliphatic carbocycles. The molecule has 3 rings (SSSR count). The molecule has 0 amide bonds. The lowest BCUT2D eigenvalue weighted by atomic mass is 9.80. The normalized spacial score (nSPS) is 26.0. The molecule has 1 aromatic rings. The highest BCUT2D eigenvalue weighted by molar-refractivity contribution is 5.26. The molecule has 2 aliphatic heterocycles. The fourth-order valence-corrected chi connectivity index (χ4v) is 5.36. The third-order valence-corrected chi connectivity index (χ3v) is 6.47. The maximum absolute atomic E-state index is 12.6. The van der Waals surface area contributed by atoms with Crippen LogP contribution in [0.5, 0.6) is 12.0 Å². The number of nitrogens with one attached hydrogen (secondary N) is 1. The highest BCUT2D eigenvalue weighted by Crippen LogP contribution is 2.40. The zero-order chi connectivity index (χ0) is 24.1. The molecule has 0 bridgehead atoms. The van der Waals surface area contributed by atoms with Gasteiger partial charge in [0.25, 0.3) is 0 Å². The summed E-state index contributed by atoms with van der Waals surface area (Å²) in [6, 6.07) is 0.324. The molecular formula is C22H38N6O4. The van der Waals surface area contributed by atoms with Gasteiger partial charge >= 0.3 is 12.0 Å². The van der Waals surface area contributed by atoms with E-state index >= 15 is 0 Å². The van der Waals surface area contributed by atoms with Crippen LogP contribution in [0, 0.1) is 0 Å². The summed E-state index contributed by atoms with van der Waals surface area (Å²) in [5.74, 6) is 0.338. The summed E-state index contributed by atoms with van der Waals surface area (Å²) < 4.78 is 12.3. The Morgan fingerprint density at radius 2 is 1.00 bits per heavy atom. The van der Waals surface area contributed by atoms with Crippen molar-refractivity contribution in [3.8, 4) is 12.0 Å². The average Bonchev–Trinajstić information content (AvgIpc) is 2.63. The van der Waals surface area contributed by atoms with Crippen molar-refractivity contribution in [3.05, 3.63) is 0 Å². The Hall–Kier alpha value is -1.75. The van der Waals surface area contributed by atoms with Crippen molar-refractivity contribution < 1.29 is 19.9 Å². The van der Waals surface area contributed by atoms with E-state index in [2.05, 4.69) is 20.3 Å². The molecule has 2 fully saturated rings. The van der Waals surface area contributed by atoms with Crippen LogP contribution in [0.3, 0.4) is 0 Å². The molecule has 0 atom stereocenters. The zero-order valence-electron chi connectivity index (χ0n) is 20.9. The van der Waals surface area contributed by atoms with Crippen LogP contribution in [-0.2, 0) is 10.4 Å². The number of nitrogens with zero attached hydrogens (tertiary/aromatic N) is 5. The molecule has 10 heteroatoms. The van der Waals surface area contributed by atoms with Gasteiger partial charge in [-0.3, -0.25) is 0 Å². The van der Waals surface area contributed by atoms with Crippen LogP contribution in [0.4, 0.5) is 5.95 Å². The Morgan fingerprint density at radius 3 is 1.28 bits per heavy atom. The Kier molecular flexibility index (Phi) is 6.40. The molecule has 2 radical (unpaired) electrons. The maximum atomic E-state index is 12.6. The molecule has 0 unspecified atom stereocenters. The van der Waals surface area contributed by atoms with Crippen molar-refractivity contribution in [3.63, 3.8) is 0 Å². The summed E-state index contributed by atoms with van der Waals surface area (Å²) in [6.45, 7) is 15.4. The minimum Gasteiger partial charge on any atom is -0.460 e. The highest BCUT2D eigenvalue weighted by Gasteiger charge is 2.48. The van der Waals surface area contributed by atoms with Crippen LogP contribution in [0.2, 0.25) is 0 Å². The second kappa shape index (κ2) is 8.23. The molecule has 32 heavy (non-hydrogen) atoms. The Morgan fingerprint density at radius 1 is 0.688 bits per heavy atom. The van der Waals surface area contributed by atoms with Crippen LogP contribution in [-0.4, -0.2) is 66.5 Å². The molecule has 3 heterocycles. The molecule has 1 aromatic heterocycles. The predicted molar refractivity (Wildman–Crippen MR) is 118 cm³/mol. The van der Waals surface area contributed by atoms with Crippen molar-refractivity contribution in [1.82, 2.24) is 25.1 Å². The molecule has 0 saturated carbocycles. The molecular weight excluding hydrogens is 412 g/mol. The van der Waals surface area contributed by atoms with Crippen LogP contribution in [0.1, 0.15) is 81.1 Å². The lowest BCUT2D eigenvalue weighted by Gasteiger charge is -2.49. The van der Waals surface area contributed by atoms with Gasteiger partial charge in [0.1, 0.15) is 12.2 Å². The van der Waals surface area contributed by atoms with Crippen molar-refractivity contribution in [1.29, 1.82) is 0 Å². The number of piperidine rings is 2. The summed E-state index contributed by atoms with van der Waals surface area (Å²) >= 11 is 0. The van der Waals surface area contributed by atoms with E-state index in [-0.39, 0.29) is 24.2 Å². The van der Waals surface area contributed by atoms with E-state index in [9.17, 15) is 10.4 Å². The van der Waals surface area contributed by atoms with E-state index in [0.29, 0.717) is 31.6 Å². The lowest BCUT2D eigenvalue weighted by Crippen LogP contribution is -2.60. The Labute approximate surface area is 191 Å². The smallest absolute Gasteiger partial charge is 0.324 e. The number of hydroxylamine groups is 4. The predicted octanol–water partition coefficient (Wildman–Crippen LogP) is 3.41. The van der Waals surface area contributed by atoms with E-state index in [1.54, 1.807) is 7.05 Å². The SMILES string of the molecule is CNc1nc(OC2CC(C)(C)N([O])C(C)(C)C2)nc(OC2CC(C)(C)N([O])C(C)(C)C2)n1. The Balaban J connectivity index is 1.79. The van der Waals surface area contributed by atoms with Crippen molar-refractivity contribution >= 4 is 5.95 Å². The first-order chi connectivity index (χ1) is 14.6. The number of ether oxygens (including phenoxy) is 2. The molecule has 2 saturated heterocycles. The highest BCUT2D eigenvalue weighted by atomic mass is 16.5. The maximum Gasteiger partial charge on any atom is 0.324 e. The second-order valence-corrected chi connectivity index (χ2v) is 11.6. The topological polar surface area (TPSA) is 115 Å². The third-order valence-electron chi connectivity index (χ3n) is 6.47. The van der Waals surface area contributed by atoms with Gasteiger partial charge in [-0.15, -0.1) is 25.5 Å². The fraction of sp³-hybridized carbons (Fsp3) is 0.864. The van der Waals surface area contributed by atoms with E-state index in [1.165, 1.54) is 0 Å². The monoisotopic (exact) mass is 450 g/mol. The summed E-state index contributed by atoms with van der Waals surface area (Å²) in [5, 5.41) is 30.5. The van der Waals surface area contributed by atoms with E-state index < -0.39 is 22.2 Å². The van der Waals surface area contributed by atoms with Crippen LogP contribution >= 0.6 is 0 Å². The molecule has 10 nitrogen and oxygen atoms in total. The van der Waals surface area contributed by atoms with Gasteiger partial charge in [0.15, 0.2) is 0 Å². The number of hydrogen-bond acceptors (Lipinski definition) is 8. The largest absolute Gasteiger partial charge is 0.460 e. The number of rotatable bonds is 5. The number of aromatic nitrogens is 3. The first-order valence-corrected chi connectivity index (χ1v) is 11.3. The first kappa shape index (κ1) is 24.9. The summed E-state index contributed by atoms with van der Waals surface area (Å²) in [5.41, 5.74) is -2.25. The fourth-order valence-electron chi connectivity index (χ4n) is 5.36. The molecule has 2 aliphatic rings. The van der Waals surface area contributed by atoms with Crippen molar-refractivity contribution in [2.45, 2.75) is 115 Å².